The van der Waals surface area contributed by atoms with E-state index >= 15 is 0 Å². The molecule has 0 fully saturated rings. The van der Waals surface area contributed by atoms with Gasteiger partial charge in [0.05, 0.1) is 0 Å². The quantitative estimate of drug-likeness (QED) is 0.796. The number of para-hydroxylation sites is 2. The Kier molecular flexibility index (Phi) is 5.36. The number of hydrogen-bond acceptors (Lipinski definition) is 4. The minimum Gasteiger partial charge on any atom is -0.456 e. The van der Waals surface area contributed by atoms with Crippen molar-refractivity contribution in [2.24, 2.45) is 0 Å². The second-order valence-corrected chi connectivity index (χ2v) is 5.19. The van der Waals surface area contributed by atoms with Gasteiger partial charge in [-0.2, -0.15) is 0 Å². The van der Waals surface area contributed by atoms with Crippen molar-refractivity contribution in [2.75, 3.05) is 14.1 Å². The van der Waals surface area contributed by atoms with Crippen molar-refractivity contribution in [3.63, 3.8) is 0 Å². The summed E-state index contributed by atoms with van der Waals surface area (Å²) in [6.45, 7) is 1.54. The highest BCUT2D eigenvalue weighted by molar-refractivity contribution is 5.94. The minimum atomic E-state index is -0.859. The van der Waals surface area contributed by atoms with Crippen LogP contribution in [0.3, 0.4) is 0 Å². The first kappa shape index (κ1) is 16.5. The molecule has 0 heterocycles. The standard InChI is InChI=1S/C18H19NO4/c1-13(17(20)19(2)3)22-18(21)15-11-7-8-12-16(15)23-14-9-5-4-6-10-14/h4-13H,1-3H3/t13-/m0/s1. The van der Waals surface area contributed by atoms with Gasteiger partial charge in [-0.15, -0.1) is 0 Å². The number of likely N-dealkylation sites (N-methyl/N-ethyl adjacent to an activating group) is 1. The molecule has 0 radical (unpaired) electrons. The average molecular weight is 313 g/mol. The van der Waals surface area contributed by atoms with E-state index in [9.17, 15) is 9.59 Å². The van der Waals surface area contributed by atoms with Crippen LogP contribution in [0.15, 0.2) is 54.6 Å². The SMILES string of the molecule is C[C@H](OC(=O)c1ccccc1Oc1ccccc1)C(=O)N(C)C. The van der Waals surface area contributed by atoms with E-state index in [2.05, 4.69) is 0 Å². The smallest absolute Gasteiger partial charge is 0.342 e. The van der Waals surface area contributed by atoms with Gasteiger partial charge < -0.3 is 14.4 Å². The predicted octanol–water partition coefficient (Wildman–Crippen LogP) is 3.11. The van der Waals surface area contributed by atoms with Gasteiger partial charge in [0.1, 0.15) is 17.1 Å². The van der Waals surface area contributed by atoms with E-state index in [1.54, 1.807) is 57.4 Å². The lowest BCUT2D eigenvalue weighted by Gasteiger charge is -2.18. The topological polar surface area (TPSA) is 55.8 Å². The fourth-order valence-electron chi connectivity index (χ4n) is 1.98. The Balaban J connectivity index is 2.16. The first-order valence-electron chi connectivity index (χ1n) is 7.23. The second-order valence-electron chi connectivity index (χ2n) is 5.19. The molecule has 2 aromatic rings. The fraction of sp³-hybridized carbons (Fsp3) is 0.222. The number of benzene rings is 2. The van der Waals surface area contributed by atoms with Crippen molar-refractivity contribution in [1.82, 2.24) is 4.90 Å². The molecule has 0 saturated carbocycles. The third-order valence-electron chi connectivity index (χ3n) is 3.15. The van der Waals surface area contributed by atoms with Crippen LogP contribution in [0.4, 0.5) is 0 Å². The van der Waals surface area contributed by atoms with Gasteiger partial charge in [0, 0.05) is 14.1 Å². The lowest BCUT2D eigenvalue weighted by atomic mass is 10.2. The molecular formula is C18H19NO4. The number of carbonyl (C=O) groups is 2. The van der Waals surface area contributed by atoms with Gasteiger partial charge in [-0.3, -0.25) is 4.79 Å². The van der Waals surface area contributed by atoms with Crippen LogP contribution in [-0.2, 0) is 9.53 Å². The molecule has 0 aliphatic heterocycles. The molecule has 5 heteroatoms. The van der Waals surface area contributed by atoms with Crippen molar-refractivity contribution in [1.29, 1.82) is 0 Å². The molecule has 2 rings (SSSR count). The van der Waals surface area contributed by atoms with Crippen LogP contribution in [0, 0.1) is 0 Å². The molecule has 5 nitrogen and oxygen atoms in total. The Labute approximate surface area is 135 Å². The minimum absolute atomic E-state index is 0.273. The van der Waals surface area contributed by atoms with Crippen LogP contribution in [0.1, 0.15) is 17.3 Å². The Hall–Kier alpha value is -2.82. The first-order valence-corrected chi connectivity index (χ1v) is 7.23. The summed E-state index contributed by atoms with van der Waals surface area (Å²) in [7, 11) is 3.22. The van der Waals surface area contributed by atoms with Crippen molar-refractivity contribution >= 4 is 11.9 Å². The van der Waals surface area contributed by atoms with Crippen LogP contribution in [0.2, 0.25) is 0 Å². The summed E-state index contributed by atoms with van der Waals surface area (Å²) in [6, 6.07) is 15.9. The van der Waals surface area contributed by atoms with Crippen molar-refractivity contribution in [3.05, 3.63) is 60.2 Å². The maximum Gasteiger partial charge on any atom is 0.342 e. The number of esters is 1. The zero-order valence-corrected chi connectivity index (χ0v) is 13.4. The second kappa shape index (κ2) is 7.45. The van der Waals surface area contributed by atoms with Crippen molar-refractivity contribution in [2.45, 2.75) is 13.0 Å². The summed E-state index contributed by atoms with van der Waals surface area (Å²) in [5.41, 5.74) is 0.273. The van der Waals surface area contributed by atoms with Gasteiger partial charge in [-0.25, -0.2) is 4.79 Å². The number of ether oxygens (including phenoxy) is 2. The molecule has 1 atom stereocenters. The molecule has 23 heavy (non-hydrogen) atoms. The largest absolute Gasteiger partial charge is 0.456 e. The van der Waals surface area contributed by atoms with Gasteiger partial charge >= 0.3 is 5.97 Å². The Bertz CT molecular complexity index is 682. The zero-order chi connectivity index (χ0) is 16.8. The van der Waals surface area contributed by atoms with Crippen molar-refractivity contribution in [3.8, 4) is 11.5 Å². The number of rotatable bonds is 5. The van der Waals surface area contributed by atoms with Crippen LogP contribution in [0.25, 0.3) is 0 Å². The maximum absolute atomic E-state index is 12.3. The number of amides is 1. The zero-order valence-electron chi connectivity index (χ0n) is 13.4. The van der Waals surface area contributed by atoms with E-state index < -0.39 is 12.1 Å². The van der Waals surface area contributed by atoms with E-state index in [1.807, 2.05) is 18.2 Å². The lowest BCUT2D eigenvalue weighted by Crippen LogP contribution is -2.34. The highest BCUT2D eigenvalue weighted by Crippen LogP contribution is 2.25. The number of nitrogens with zero attached hydrogens (tertiary/aromatic N) is 1. The van der Waals surface area contributed by atoms with E-state index in [-0.39, 0.29) is 11.5 Å². The van der Waals surface area contributed by atoms with E-state index in [0.717, 1.165) is 0 Å². The summed E-state index contributed by atoms with van der Waals surface area (Å²) in [5.74, 6) is 0.123. The van der Waals surface area contributed by atoms with Gasteiger partial charge in [0.2, 0.25) is 0 Å². The Morgan fingerprint density at radius 1 is 0.957 bits per heavy atom. The molecule has 0 unspecified atom stereocenters. The highest BCUT2D eigenvalue weighted by Gasteiger charge is 2.22. The number of carbonyl (C=O) groups excluding carboxylic acids is 2. The van der Waals surface area contributed by atoms with E-state index in [4.69, 9.17) is 9.47 Å². The summed E-state index contributed by atoms with van der Waals surface area (Å²) < 4.78 is 11.0. The molecule has 0 aliphatic carbocycles. The van der Waals surface area contributed by atoms with Crippen LogP contribution >= 0.6 is 0 Å². The molecule has 0 N–H and O–H groups in total. The molecule has 0 saturated heterocycles. The van der Waals surface area contributed by atoms with E-state index in [1.165, 1.54) is 4.90 Å². The van der Waals surface area contributed by atoms with E-state index in [0.29, 0.717) is 11.5 Å². The Morgan fingerprint density at radius 2 is 1.57 bits per heavy atom. The van der Waals surface area contributed by atoms with Gasteiger partial charge in [0.25, 0.3) is 5.91 Å². The molecule has 120 valence electrons. The van der Waals surface area contributed by atoms with Gasteiger partial charge in [-0.05, 0) is 31.2 Å². The van der Waals surface area contributed by atoms with Gasteiger partial charge in [0.15, 0.2) is 6.10 Å². The van der Waals surface area contributed by atoms with Crippen LogP contribution in [0.5, 0.6) is 11.5 Å². The highest BCUT2D eigenvalue weighted by atomic mass is 16.5. The monoisotopic (exact) mass is 313 g/mol. The predicted molar refractivity (Wildman–Crippen MR) is 86.5 cm³/mol. The summed E-state index contributed by atoms with van der Waals surface area (Å²) in [6.07, 6.45) is -0.859. The molecule has 2 aromatic carbocycles. The average Bonchev–Trinajstić information content (AvgIpc) is 2.55. The third-order valence-corrected chi connectivity index (χ3v) is 3.15. The van der Waals surface area contributed by atoms with Gasteiger partial charge in [-0.1, -0.05) is 30.3 Å². The summed E-state index contributed by atoms with van der Waals surface area (Å²) >= 11 is 0. The van der Waals surface area contributed by atoms with Crippen LogP contribution < -0.4 is 4.74 Å². The molecular weight excluding hydrogens is 294 g/mol. The maximum atomic E-state index is 12.3. The Morgan fingerprint density at radius 3 is 2.22 bits per heavy atom. The number of hydrogen-bond donors (Lipinski definition) is 0. The molecule has 0 aromatic heterocycles. The van der Waals surface area contributed by atoms with Crippen LogP contribution in [-0.4, -0.2) is 37.0 Å². The summed E-state index contributed by atoms with van der Waals surface area (Å²) in [5, 5.41) is 0. The lowest BCUT2D eigenvalue weighted by molar-refractivity contribution is -0.137. The molecule has 1 amide bonds. The first-order chi connectivity index (χ1) is 11.0. The molecule has 0 aliphatic rings. The van der Waals surface area contributed by atoms with Crippen molar-refractivity contribution < 1.29 is 19.1 Å². The third kappa shape index (κ3) is 4.32. The fourth-order valence-corrected chi connectivity index (χ4v) is 1.98. The molecule has 0 bridgehead atoms. The summed E-state index contributed by atoms with van der Waals surface area (Å²) in [4.78, 5) is 25.5. The molecule has 0 spiro atoms. The normalized spacial score (nSPS) is 11.4.